The molecule has 2 N–H and O–H groups in total. The molecule has 1 heterocycles. The fraction of sp³-hybridized carbons (Fsp3) is 0.833. The van der Waals surface area contributed by atoms with E-state index in [2.05, 4.69) is 0 Å². The number of hydrogen-bond acceptors (Lipinski definition) is 4. The van der Waals surface area contributed by atoms with Gasteiger partial charge in [-0.05, 0) is 34.6 Å². The first-order valence-electron chi connectivity index (χ1n) is 5.52. The van der Waals surface area contributed by atoms with Gasteiger partial charge in [0.05, 0.1) is 6.61 Å². The molecule has 0 aromatic heterocycles. The number of aliphatic hydroxyl groups excluding tert-OH is 1. The van der Waals surface area contributed by atoms with Crippen LogP contribution in [0.1, 0.15) is 34.6 Å². The summed E-state index contributed by atoms with van der Waals surface area (Å²) >= 11 is 0. The van der Waals surface area contributed by atoms with Crippen LogP contribution in [0.5, 0.6) is 0 Å². The molecule has 0 amide bonds. The van der Waals surface area contributed by atoms with Crippen molar-refractivity contribution in [3.05, 3.63) is 11.6 Å². The number of aliphatic hydroxyl groups is 2. The van der Waals surface area contributed by atoms with E-state index < -0.39 is 17.5 Å². The van der Waals surface area contributed by atoms with E-state index in [0.29, 0.717) is 0 Å². The van der Waals surface area contributed by atoms with Gasteiger partial charge in [0.1, 0.15) is 17.8 Å². The first-order valence-corrected chi connectivity index (χ1v) is 5.52. The lowest BCUT2D eigenvalue weighted by Crippen LogP contribution is -2.48. The Morgan fingerprint density at radius 1 is 1.38 bits per heavy atom. The van der Waals surface area contributed by atoms with Gasteiger partial charge in [0.15, 0.2) is 5.79 Å². The lowest BCUT2D eigenvalue weighted by molar-refractivity contribution is -0.173. The van der Waals surface area contributed by atoms with E-state index in [1.54, 1.807) is 20.8 Å². The molecule has 1 aliphatic rings. The summed E-state index contributed by atoms with van der Waals surface area (Å²) in [5.74, 6) is -0.736. The first kappa shape index (κ1) is 13.6. The molecule has 0 saturated carbocycles. The van der Waals surface area contributed by atoms with Crippen molar-refractivity contribution in [2.24, 2.45) is 0 Å². The number of rotatable bonds is 3. The van der Waals surface area contributed by atoms with Gasteiger partial charge in [0.2, 0.25) is 0 Å². The molecule has 3 atom stereocenters. The molecule has 0 aromatic carbocycles. The molecular weight excluding hydrogens is 208 g/mol. The van der Waals surface area contributed by atoms with Crippen LogP contribution in [0.2, 0.25) is 0 Å². The summed E-state index contributed by atoms with van der Waals surface area (Å²) in [5, 5.41) is 19.2. The summed E-state index contributed by atoms with van der Waals surface area (Å²) in [6.45, 7) is 8.70. The fourth-order valence-electron chi connectivity index (χ4n) is 1.81. The topological polar surface area (TPSA) is 58.9 Å². The molecule has 1 saturated heterocycles. The first-order chi connectivity index (χ1) is 7.18. The van der Waals surface area contributed by atoms with Gasteiger partial charge in [-0.25, -0.2) is 0 Å². The quantitative estimate of drug-likeness (QED) is 0.716. The molecule has 1 rings (SSSR count). The van der Waals surface area contributed by atoms with E-state index in [4.69, 9.17) is 9.47 Å². The van der Waals surface area contributed by atoms with E-state index in [1.165, 1.54) is 0 Å². The van der Waals surface area contributed by atoms with E-state index >= 15 is 0 Å². The van der Waals surface area contributed by atoms with Crippen molar-refractivity contribution in [2.45, 2.75) is 58.2 Å². The van der Waals surface area contributed by atoms with Gasteiger partial charge >= 0.3 is 0 Å². The van der Waals surface area contributed by atoms with E-state index in [0.717, 1.165) is 5.57 Å². The molecule has 0 radical (unpaired) electrons. The Hall–Kier alpha value is -0.420. The molecule has 0 unspecified atom stereocenters. The van der Waals surface area contributed by atoms with Crippen LogP contribution in [-0.4, -0.2) is 40.4 Å². The minimum absolute atomic E-state index is 0.331. The third kappa shape index (κ3) is 3.04. The number of ether oxygens (including phenoxy) is 2. The van der Waals surface area contributed by atoms with Crippen molar-refractivity contribution in [2.75, 3.05) is 6.61 Å². The van der Waals surface area contributed by atoms with Crippen LogP contribution in [0.25, 0.3) is 0 Å². The summed E-state index contributed by atoms with van der Waals surface area (Å²) in [7, 11) is 0. The van der Waals surface area contributed by atoms with E-state index in [-0.39, 0.29) is 12.7 Å². The summed E-state index contributed by atoms with van der Waals surface area (Å²) in [6, 6.07) is 0. The van der Waals surface area contributed by atoms with Crippen LogP contribution in [0.4, 0.5) is 0 Å². The second kappa shape index (κ2) is 4.45. The van der Waals surface area contributed by atoms with Crippen molar-refractivity contribution in [1.29, 1.82) is 0 Å². The zero-order valence-corrected chi connectivity index (χ0v) is 10.7. The van der Waals surface area contributed by atoms with Crippen molar-refractivity contribution in [1.82, 2.24) is 0 Å². The molecule has 0 bridgehead atoms. The summed E-state index contributed by atoms with van der Waals surface area (Å²) in [6.07, 6.45) is 1.02. The SMILES string of the molecule is CC(C)=C[C@@H]1OC(C)(C)O[C@@H]1[C@](C)(O)CO. The third-order valence-corrected chi connectivity index (χ3v) is 2.56. The molecule has 1 aliphatic heterocycles. The van der Waals surface area contributed by atoms with Gasteiger partial charge in [-0.3, -0.25) is 0 Å². The summed E-state index contributed by atoms with van der Waals surface area (Å²) in [5.41, 5.74) is -0.213. The average molecular weight is 230 g/mol. The van der Waals surface area contributed by atoms with Crippen LogP contribution in [0.3, 0.4) is 0 Å². The normalized spacial score (nSPS) is 32.2. The molecule has 0 aromatic rings. The third-order valence-electron chi connectivity index (χ3n) is 2.56. The second-order valence-electron chi connectivity index (χ2n) is 5.28. The minimum Gasteiger partial charge on any atom is -0.393 e. The van der Waals surface area contributed by atoms with Gasteiger partial charge < -0.3 is 19.7 Å². The van der Waals surface area contributed by atoms with Gasteiger partial charge in [-0.15, -0.1) is 0 Å². The van der Waals surface area contributed by atoms with Gasteiger partial charge in [-0.2, -0.15) is 0 Å². The Bertz CT molecular complexity index is 277. The van der Waals surface area contributed by atoms with Crippen LogP contribution in [-0.2, 0) is 9.47 Å². The standard InChI is InChI=1S/C12H22O4/c1-8(2)6-9-10(12(5,14)7-13)16-11(3,4)15-9/h6,9-10,13-14H,7H2,1-5H3/t9-,10-,12+/m0/s1. The highest BCUT2D eigenvalue weighted by Gasteiger charge is 2.48. The molecule has 4 heteroatoms. The van der Waals surface area contributed by atoms with E-state index in [1.807, 2.05) is 19.9 Å². The summed E-state index contributed by atoms with van der Waals surface area (Å²) < 4.78 is 11.3. The second-order valence-corrected chi connectivity index (χ2v) is 5.28. The largest absolute Gasteiger partial charge is 0.393 e. The Balaban J connectivity index is 2.93. The molecule has 94 valence electrons. The minimum atomic E-state index is -1.30. The molecular formula is C12H22O4. The smallest absolute Gasteiger partial charge is 0.164 e. The van der Waals surface area contributed by atoms with Gasteiger partial charge in [0.25, 0.3) is 0 Å². The zero-order chi connectivity index (χ0) is 12.6. The maximum Gasteiger partial charge on any atom is 0.164 e. The fourth-order valence-corrected chi connectivity index (χ4v) is 1.81. The van der Waals surface area contributed by atoms with Crippen LogP contribution in [0, 0.1) is 0 Å². The van der Waals surface area contributed by atoms with Crippen molar-refractivity contribution in [3.63, 3.8) is 0 Å². The lowest BCUT2D eigenvalue weighted by atomic mass is 9.95. The number of hydrogen-bond donors (Lipinski definition) is 2. The Kier molecular flexibility index (Phi) is 3.80. The Morgan fingerprint density at radius 3 is 2.38 bits per heavy atom. The zero-order valence-electron chi connectivity index (χ0n) is 10.7. The average Bonchev–Trinajstić information content (AvgIpc) is 2.40. The van der Waals surface area contributed by atoms with Crippen molar-refractivity contribution >= 4 is 0 Å². The van der Waals surface area contributed by atoms with Crippen molar-refractivity contribution in [3.8, 4) is 0 Å². The molecule has 0 spiro atoms. The monoisotopic (exact) mass is 230 g/mol. The van der Waals surface area contributed by atoms with Crippen LogP contribution >= 0.6 is 0 Å². The van der Waals surface area contributed by atoms with Crippen LogP contribution < -0.4 is 0 Å². The maximum atomic E-state index is 10.1. The predicted molar refractivity (Wildman–Crippen MR) is 61.0 cm³/mol. The Labute approximate surface area is 96.9 Å². The lowest BCUT2D eigenvalue weighted by Gasteiger charge is -2.29. The highest BCUT2D eigenvalue weighted by atomic mass is 16.8. The predicted octanol–water partition coefficient (Wildman–Crippen LogP) is 1.22. The summed E-state index contributed by atoms with van der Waals surface area (Å²) in [4.78, 5) is 0. The number of allylic oxidation sites excluding steroid dienone is 1. The van der Waals surface area contributed by atoms with E-state index in [9.17, 15) is 10.2 Å². The van der Waals surface area contributed by atoms with Gasteiger partial charge in [0, 0.05) is 0 Å². The molecule has 0 aliphatic carbocycles. The molecule has 1 fully saturated rings. The Morgan fingerprint density at radius 2 is 1.94 bits per heavy atom. The molecule has 16 heavy (non-hydrogen) atoms. The van der Waals surface area contributed by atoms with Crippen LogP contribution in [0.15, 0.2) is 11.6 Å². The maximum absolute atomic E-state index is 10.1. The van der Waals surface area contributed by atoms with Crippen molar-refractivity contribution < 1.29 is 19.7 Å². The highest BCUT2D eigenvalue weighted by molar-refractivity contribution is 5.08. The molecule has 4 nitrogen and oxygen atoms in total. The van der Waals surface area contributed by atoms with Gasteiger partial charge in [-0.1, -0.05) is 11.6 Å². The highest BCUT2D eigenvalue weighted by Crippen LogP contribution is 2.34.